The maximum Gasteiger partial charge on any atom is 0.233 e. The topological polar surface area (TPSA) is 76.6 Å². The van der Waals surface area contributed by atoms with Crippen LogP contribution in [0.3, 0.4) is 0 Å². The van der Waals surface area contributed by atoms with Crippen LogP contribution < -0.4 is 14.8 Å². The van der Waals surface area contributed by atoms with E-state index in [1.807, 2.05) is 25.1 Å². The Morgan fingerprint density at radius 3 is 2.81 bits per heavy atom. The van der Waals surface area contributed by atoms with Gasteiger partial charge in [-0.3, -0.25) is 4.79 Å². The highest BCUT2D eigenvalue weighted by Crippen LogP contribution is 2.32. The molecule has 3 aromatic rings. The molecular weight excluding hydrogens is 439 g/mol. The number of para-hydroxylation sites is 1. The number of rotatable bonds is 8. The lowest BCUT2D eigenvalue weighted by molar-refractivity contribution is -0.128. The Bertz CT molecular complexity index is 1060. The standard InChI is InChI=1S/C21H21FN4O3S2/c1-2-26(12-14-7-8-17-18(11-14)29-10-9-28-17)19(27)13-30-21-25-24-20(31-21)23-16-6-4-3-5-15(16)22/h3-8,11H,2,9-10,12-13H2,1H3,(H,23,24). The lowest BCUT2D eigenvalue weighted by atomic mass is 10.2. The van der Waals surface area contributed by atoms with Crippen molar-refractivity contribution < 1.29 is 18.7 Å². The molecule has 2 aromatic carbocycles. The van der Waals surface area contributed by atoms with Gasteiger partial charge in [-0.2, -0.15) is 0 Å². The van der Waals surface area contributed by atoms with Crippen molar-refractivity contribution in [2.45, 2.75) is 17.8 Å². The van der Waals surface area contributed by atoms with Crippen LogP contribution in [0.15, 0.2) is 46.8 Å². The Morgan fingerprint density at radius 2 is 2.00 bits per heavy atom. The predicted molar refractivity (Wildman–Crippen MR) is 119 cm³/mol. The van der Waals surface area contributed by atoms with Crippen molar-refractivity contribution in [3.63, 3.8) is 0 Å². The molecular formula is C21H21FN4O3S2. The number of carbonyl (C=O) groups is 1. The molecule has 31 heavy (non-hydrogen) atoms. The van der Waals surface area contributed by atoms with E-state index in [0.29, 0.717) is 47.2 Å². The van der Waals surface area contributed by atoms with E-state index in [4.69, 9.17) is 9.47 Å². The lowest BCUT2D eigenvalue weighted by Crippen LogP contribution is -2.31. The number of anilines is 2. The van der Waals surface area contributed by atoms with Crippen molar-refractivity contribution in [2.75, 3.05) is 30.8 Å². The Hall–Kier alpha value is -2.85. The highest BCUT2D eigenvalue weighted by Gasteiger charge is 2.17. The third kappa shape index (κ3) is 5.45. The van der Waals surface area contributed by atoms with E-state index in [9.17, 15) is 9.18 Å². The summed E-state index contributed by atoms with van der Waals surface area (Å²) in [5.41, 5.74) is 1.32. The first-order chi connectivity index (χ1) is 15.1. The van der Waals surface area contributed by atoms with Crippen molar-refractivity contribution in [3.8, 4) is 11.5 Å². The number of hydrogen-bond acceptors (Lipinski definition) is 8. The monoisotopic (exact) mass is 460 g/mol. The molecule has 1 aromatic heterocycles. The number of carbonyl (C=O) groups excluding carboxylic acids is 1. The molecule has 0 unspecified atom stereocenters. The van der Waals surface area contributed by atoms with Gasteiger partial charge < -0.3 is 19.7 Å². The van der Waals surface area contributed by atoms with Crippen molar-refractivity contribution in [1.82, 2.24) is 15.1 Å². The first-order valence-corrected chi connectivity index (χ1v) is 11.6. The molecule has 0 atom stereocenters. The zero-order valence-electron chi connectivity index (χ0n) is 16.8. The molecule has 10 heteroatoms. The first-order valence-electron chi connectivity index (χ1n) is 9.76. The molecule has 1 aliphatic rings. The van der Waals surface area contributed by atoms with E-state index in [1.54, 1.807) is 23.1 Å². The fraction of sp³-hybridized carbons (Fsp3) is 0.286. The number of nitrogens with zero attached hydrogens (tertiary/aromatic N) is 3. The van der Waals surface area contributed by atoms with Crippen molar-refractivity contribution >= 4 is 39.8 Å². The SMILES string of the molecule is CCN(Cc1ccc2c(c1)OCCO2)C(=O)CSc1nnc(Nc2ccccc2F)s1. The summed E-state index contributed by atoms with van der Waals surface area (Å²) in [6.45, 7) is 4.10. The molecule has 7 nitrogen and oxygen atoms in total. The number of ether oxygens (including phenoxy) is 2. The van der Waals surface area contributed by atoms with Gasteiger partial charge in [-0.1, -0.05) is 41.3 Å². The largest absolute Gasteiger partial charge is 0.486 e. The zero-order valence-corrected chi connectivity index (χ0v) is 18.5. The number of benzene rings is 2. The maximum absolute atomic E-state index is 13.8. The highest BCUT2D eigenvalue weighted by molar-refractivity contribution is 8.01. The summed E-state index contributed by atoms with van der Waals surface area (Å²) < 4.78 is 25.6. The van der Waals surface area contributed by atoms with Crippen molar-refractivity contribution in [1.29, 1.82) is 0 Å². The number of nitrogens with one attached hydrogen (secondary N) is 1. The number of hydrogen-bond donors (Lipinski definition) is 1. The van der Waals surface area contributed by atoms with E-state index in [-0.39, 0.29) is 17.5 Å². The van der Waals surface area contributed by atoms with E-state index < -0.39 is 0 Å². The predicted octanol–water partition coefficient (Wildman–Crippen LogP) is 4.33. The van der Waals surface area contributed by atoms with E-state index >= 15 is 0 Å². The molecule has 0 saturated carbocycles. The summed E-state index contributed by atoms with van der Waals surface area (Å²) in [5.74, 6) is 1.33. The van der Waals surface area contributed by atoms with Gasteiger partial charge in [0.2, 0.25) is 11.0 Å². The fourth-order valence-corrected chi connectivity index (χ4v) is 4.66. The maximum atomic E-state index is 13.8. The number of thioether (sulfide) groups is 1. The molecule has 2 heterocycles. The number of halogens is 1. The first kappa shape index (κ1) is 21.4. The van der Waals surface area contributed by atoms with Gasteiger partial charge in [0, 0.05) is 13.1 Å². The van der Waals surface area contributed by atoms with Crippen LogP contribution in [0.2, 0.25) is 0 Å². The van der Waals surface area contributed by atoms with E-state index in [2.05, 4.69) is 15.5 Å². The highest BCUT2D eigenvalue weighted by atomic mass is 32.2. The van der Waals surface area contributed by atoms with Crippen LogP contribution in [0.4, 0.5) is 15.2 Å². The van der Waals surface area contributed by atoms with Gasteiger partial charge in [-0.05, 0) is 36.8 Å². The summed E-state index contributed by atoms with van der Waals surface area (Å²) in [7, 11) is 0. The van der Waals surface area contributed by atoms with Gasteiger partial charge in [0.15, 0.2) is 15.8 Å². The quantitative estimate of drug-likeness (QED) is 0.501. The minimum absolute atomic E-state index is 0.00111. The molecule has 1 aliphatic heterocycles. The molecule has 162 valence electrons. The molecule has 1 amide bonds. The number of amides is 1. The fourth-order valence-electron chi connectivity index (χ4n) is 2.99. The average molecular weight is 461 g/mol. The summed E-state index contributed by atoms with van der Waals surface area (Å²) >= 11 is 2.60. The van der Waals surface area contributed by atoms with Crippen LogP contribution in [0.25, 0.3) is 0 Å². The Balaban J connectivity index is 1.32. The Morgan fingerprint density at radius 1 is 1.19 bits per heavy atom. The molecule has 1 N–H and O–H groups in total. The molecule has 0 radical (unpaired) electrons. The van der Waals surface area contributed by atoms with E-state index in [1.165, 1.54) is 29.2 Å². The van der Waals surface area contributed by atoms with Crippen LogP contribution >= 0.6 is 23.1 Å². The van der Waals surface area contributed by atoms with Crippen LogP contribution in [0.5, 0.6) is 11.5 Å². The summed E-state index contributed by atoms with van der Waals surface area (Å²) in [6.07, 6.45) is 0. The third-order valence-electron chi connectivity index (χ3n) is 4.56. The molecule has 0 aliphatic carbocycles. The van der Waals surface area contributed by atoms with Gasteiger partial charge >= 0.3 is 0 Å². The second-order valence-electron chi connectivity index (χ2n) is 6.65. The number of aromatic nitrogens is 2. The Labute approximate surface area is 187 Å². The second kappa shape index (κ2) is 9.97. The molecule has 0 spiro atoms. The zero-order chi connectivity index (χ0) is 21.6. The van der Waals surface area contributed by atoms with Crippen LogP contribution in [0.1, 0.15) is 12.5 Å². The van der Waals surface area contributed by atoms with Crippen LogP contribution in [0, 0.1) is 5.82 Å². The lowest BCUT2D eigenvalue weighted by Gasteiger charge is -2.23. The van der Waals surface area contributed by atoms with Crippen LogP contribution in [-0.2, 0) is 11.3 Å². The molecule has 0 bridgehead atoms. The average Bonchev–Trinajstić information content (AvgIpc) is 3.24. The Kier molecular flexibility index (Phi) is 6.88. The number of fused-ring (bicyclic) bond motifs is 1. The molecule has 0 fully saturated rings. The van der Waals surface area contributed by atoms with Gasteiger partial charge in [-0.15, -0.1) is 10.2 Å². The van der Waals surface area contributed by atoms with Crippen molar-refractivity contribution in [2.24, 2.45) is 0 Å². The van der Waals surface area contributed by atoms with Gasteiger partial charge in [0.1, 0.15) is 19.0 Å². The minimum Gasteiger partial charge on any atom is -0.486 e. The van der Waals surface area contributed by atoms with Crippen molar-refractivity contribution in [3.05, 3.63) is 53.8 Å². The van der Waals surface area contributed by atoms with Gasteiger partial charge in [-0.25, -0.2) is 4.39 Å². The molecule has 4 rings (SSSR count). The minimum atomic E-state index is -0.361. The van der Waals surface area contributed by atoms with E-state index in [0.717, 1.165) is 11.3 Å². The molecule has 0 saturated heterocycles. The van der Waals surface area contributed by atoms with Crippen LogP contribution in [-0.4, -0.2) is 46.5 Å². The normalized spacial score (nSPS) is 12.5. The summed E-state index contributed by atoms with van der Waals surface area (Å²) in [5, 5.41) is 11.5. The summed E-state index contributed by atoms with van der Waals surface area (Å²) in [6, 6.07) is 12.1. The third-order valence-corrected chi connectivity index (χ3v) is 6.51. The van der Waals surface area contributed by atoms with Gasteiger partial charge in [0.05, 0.1) is 11.4 Å². The second-order valence-corrected chi connectivity index (χ2v) is 8.85. The summed E-state index contributed by atoms with van der Waals surface area (Å²) in [4.78, 5) is 14.5. The smallest absolute Gasteiger partial charge is 0.233 e. The van der Waals surface area contributed by atoms with Gasteiger partial charge in [0.25, 0.3) is 0 Å².